The number of aromatic amines is 1. The van der Waals surface area contributed by atoms with E-state index in [1.165, 1.54) is 0 Å². The second-order valence-electron chi connectivity index (χ2n) is 8.54. The molecule has 32 heavy (non-hydrogen) atoms. The fourth-order valence-electron chi connectivity index (χ4n) is 4.97. The van der Waals surface area contributed by atoms with Gasteiger partial charge in [0.1, 0.15) is 5.82 Å². The van der Waals surface area contributed by atoms with Crippen LogP contribution in [-0.4, -0.2) is 50.9 Å². The van der Waals surface area contributed by atoms with Gasteiger partial charge in [-0.2, -0.15) is 0 Å². The van der Waals surface area contributed by atoms with Gasteiger partial charge in [-0.3, -0.25) is 4.79 Å². The first-order valence-corrected chi connectivity index (χ1v) is 11.1. The lowest BCUT2D eigenvalue weighted by Crippen LogP contribution is -2.32. The SMILES string of the molecule is CN1CCc2nc(Cl)nc(Nc3ncc4c(c3F)-c3[nH]c5c(c3CC4)C(=O)NCC5)c2C1. The Balaban J connectivity index is 1.45. The second kappa shape index (κ2) is 7.25. The van der Waals surface area contributed by atoms with E-state index in [2.05, 4.69) is 35.5 Å². The number of fused-ring (bicyclic) bond motifs is 6. The summed E-state index contributed by atoms with van der Waals surface area (Å²) in [5, 5.41) is 6.08. The minimum Gasteiger partial charge on any atom is -0.357 e. The molecule has 1 aliphatic carbocycles. The van der Waals surface area contributed by atoms with Crippen LogP contribution in [0.25, 0.3) is 11.3 Å². The Morgan fingerprint density at radius 1 is 1.12 bits per heavy atom. The van der Waals surface area contributed by atoms with E-state index in [9.17, 15) is 4.79 Å². The van der Waals surface area contributed by atoms with E-state index in [1.54, 1.807) is 6.20 Å². The number of anilines is 2. The first kappa shape index (κ1) is 19.6. The van der Waals surface area contributed by atoms with E-state index in [0.717, 1.165) is 41.0 Å². The predicted molar refractivity (Wildman–Crippen MR) is 118 cm³/mol. The van der Waals surface area contributed by atoms with Gasteiger partial charge in [0.2, 0.25) is 5.28 Å². The molecule has 10 heteroatoms. The van der Waals surface area contributed by atoms with Crippen LogP contribution in [0.3, 0.4) is 0 Å². The van der Waals surface area contributed by atoms with Crippen LogP contribution in [0.15, 0.2) is 6.20 Å². The molecule has 3 aromatic heterocycles. The number of pyridine rings is 1. The van der Waals surface area contributed by atoms with Crippen molar-refractivity contribution < 1.29 is 9.18 Å². The molecule has 0 atom stereocenters. The Bertz CT molecular complexity index is 1290. The number of hydrogen-bond donors (Lipinski definition) is 3. The molecule has 3 aliphatic rings. The van der Waals surface area contributed by atoms with Gasteiger partial charge in [0.25, 0.3) is 5.91 Å². The minimum atomic E-state index is -0.463. The lowest BCUT2D eigenvalue weighted by Gasteiger charge is -2.26. The first-order chi connectivity index (χ1) is 15.5. The molecule has 0 radical (unpaired) electrons. The van der Waals surface area contributed by atoms with Gasteiger partial charge >= 0.3 is 0 Å². The molecule has 0 bridgehead atoms. The number of carbonyl (C=O) groups is 1. The number of carbonyl (C=O) groups excluding carboxylic acids is 1. The number of aromatic nitrogens is 4. The molecule has 0 fully saturated rings. The van der Waals surface area contributed by atoms with Crippen molar-refractivity contribution in [3.63, 3.8) is 0 Å². The van der Waals surface area contributed by atoms with Crippen LogP contribution in [0.2, 0.25) is 5.28 Å². The third-order valence-electron chi connectivity index (χ3n) is 6.52. The zero-order valence-electron chi connectivity index (χ0n) is 17.5. The number of rotatable bonds is 2. The van der Waals surface area contributed by atoms with Crippen molar-refractivity contribution in [3.8, 4) is 11.3 Å². The van der Waals surface area contributed by atoms with E-state index >= 15 is 4.39 Å². The van der Waals surface area contributed by atoms with Gasteiger partial charge in [-0.05, 0) is 42.6 Å². The molecule has 0 unspecified atom stereocenters. The minimum absolute atomic E-state index is 0.0822. The van der Waals surface area contributed by atoms with Crippen molar-refractivity contribution >= 4 is 29.1 Å². The zero-order chi connectivity index (χ0) is 22.0. The topological polar surface area (TPSA) is 98.8 Å². The molecule has 0 spiro atoms. The van der Waals surface area contributed by atoms with Gasteiger partial charge in [-0.15, -0.1) is 0 Å². The standard InChI is InChI=1S/C22H21ClFN7O/c1-31-7-5-13-12(9-31)19(30-22(23)28-13)29-20-17(24)15-10(8-26-20)2-3-11-16-14(27-18(11)15)4-6-25-21(16)32/h8,27H,2-7,9H2,1H3,(H,25,32)(H,26,28,29,30). The number of H-pyrrole nitrogens is 1. The van der Waals surface area contributed by atoms with Crippen molar-refractivity contribution in [1.29, 1.82) is 0 Å². The highest BCUT2D eigenvalue weighted by Crippen LogP contribution is 2.40. The smallest absolute Gasteiger partial charge is 0.253 e. The maximum Gasteiger partial charge on any atom is 0.253 e. The third kappa shape index (κ3) is 2.99. The molecule has 0 aromatic carbocycles. The summed E-state index contributed by atoms with van der Waals surface area (Å²) in [6.07, 6.45) is 4.47. The Morgan fingerprint density at radius 2 is 2.00 bits per heavy atom. The molecular formula is C22H21ClFN7O. The first-order valence-electron chi connectivity index (χ1n) is 10.7. The largest absolute Gasteiger partial charge is 0.357 e. The number of halogens is 2. The van der Waals surface area contributed by atoms with Crippen molar-refractivity contribution in [1.82, 2.24) is 30.2 Å². The van der Waals surface area contributed by atoms with Gasteiger partial charge < -0.3 is 20.5 Å². The molecular weight excluding hydrogens is 433 g/mol. The highest BCUT2D eigenvalue weighted by atomic mass is 35.5. The van der Waals surface area contributed by atoms with Crippen LogP contribution in [0.5, 0.6) is 0 Å². The van der Waals surface area contributed by atoms with E-state index in [4.69, 9.17) is 11.6 Å². The molecule has 3 aromatic rings. The number of nitrogens with one attached hydrogen (secondary N) is 3. The summed E-state index contributed by atoms with van der Waals surface area (Å²) >= 11 is 6.15. The molecule has 3 N–H and O–H groups in total. The quantitative estimate of drug-likeness (QED) is 0.516. The average molecular weight is 454 g/mol. The van der Waals surface area contributed by atoms with E-state index in [0.29, 0.717) is 55.0 Å². The van der Waals surface area contributed by atoms with Crippen LogP contribution in [0, 0.1) is 5.82 Å². The molecule has 1 amide bonds. The van der Waals surface area contributed by atoms with E-state index in [-0.39, 0.29) is 17.0 Å². The summed E-state index contributed by atoms with van der Waals surface area (Å²) in [5.74, 6) is -0.000556. The Hall–Kier alpha value is -3.04. The summed E-state index contributed by atoms with van der Waals surface area (Å²) in [6, 6.07) is 0. The number of aryl methyl sites for hydroxylation is 1. The monoisotopic (exact) mass is 453 g/mol. The van der Waals surface area contributed by atoms with Crippen LogP contribution in [0.1, 0.15) is 38.4 Å². The average Bonchev–Trinajstić information content (AvgIpc) is 3.16. The Labute approximate surface area is 188 Å². The van der Waals surface area contributed by atoms with E-state index < -0.39 is 5.82 Å². The normalized spacial score (nSPS) is 17.2. The summed E-state index contributed by atoms with van der Waals surface area (Å²) in [5.41, 5.74) is 6.16. The zero-order valence-corrected chi connectivity index (χ0v) is 18.2. The summed E-state index contributed by atoms with van der Waals surface area (Å²) in [4.78, 5) is 31.0. The lowest BCUT2D eigenvalue weighted by atomic mass is 9.88. The van der Waals surface area contributed by atoms with Gasteiger partial charge in [-0.25, -0.2) is 19.3 Å². The van der Waals surface area contributed by atoms with Crippen LogP contribution >= 0.6 is 11.6 Å². The molecule has 0 saturated carbocycles. The number of likely N-dealkylation sites (N-methyl/N-ethyl adjacent to an activating group) is 1. The van der Waals surface area contributed by atoms with E-state index in [1.807, 2.05) is 7.05 Å². The number of hydrogen-bond acceptors (Lipinski definition) is 6. The van der Waals surface area contributed by atoms with Crippen molar-refractivity contribution in [2.24, 2.45) is 0 Å². The van der Waals surface area contributed by atoms with Gasteiger partial charge in [0, 0.05) is 55.5 Å². The number of nitrogens with zero attached hydrogens (tertiary/aromatic N) is 4. The maximum absolute atomic E-state index is 15.9. The summed E-state index contributed by atoms with van der Waals surface area (Å²) in [6.45, 7) is 2.10. The van der Waals surface area contributed by atoms with Crippen molar-refractivity contribution in [2.75, 3.05) is 25.5 Å². The summed E-state index contributed by atoms with van der Waals surface area (Å²) in [7, 11) is 2.02. The fourth-order valence-corrected chi connectivity index (χ4v) is 5.16. The lowest BCUT2D eigenvalue weighted by molar-refractivity contribution is 0.0945. The van der Waals surface area contributed by atoms with Gasteiger partial charge in [0.15, 0.2) is 11.6 Å². The highest BCUT2D eigenvalue weighted by molar-refractivity contribution is 6.28. The molecule has 6 rings (SSSR count). The highest BCUT2D eigenvalue weighted by Gasteiger charge is 2.32. The number of amides is 1. The summed E-state index contributed by atoms with van der Waals surface area (Å²) < 4.78 is 15.9. The molecule has 8 nitrogen and oxygen atoms in total. The van der Waals surface area contributed by atoms with Crippen LogP contribution in [0.4, 0.5) is 16.0 Å². The predicted octanol–water partition coefficient (Wildman–Crippen LogP) is 2.78. The third-order valence-corrected chi connectivity index (χ3v) is 6.69. The second-order valence-corrected chi connectivity index (χ2v) is 8.88. The Kier molecular flexibility index (Phi) is 4.44. The van der Waals surface area contributed by atoms with Gasteiger partial charge in [-0.1, -0.05) is 0 Å². The Morgan fingerprint density at radius 3 is 2.88 bits per heavy atom. The molecule has 2 aliphatic heterocycles. The molecule has 5 heterocycles. The van der Waals surface area contributed by atoms with Crippen LogP contribution in [-0.2, 0) is 32.2 Å². The fraction of sp³-hybridized carbons (Fsp3) is 0.364. The van der Waals surface area contributed by atoms with Crippen molar-refractivity contribution in [2.45, 2.75) is 32.2 Å². The van der Waals surface area contributed by atoms with Crippen LogP contribution < -0.4 is 10.6 Å². The van der Waals surface area contributed by atoms with Gasteiger partial charge in [0.05, 0.1) is 17.0 Å². The molecule has 164 valence electrons. The van der Waals surface area contributed by atoms with Crippen molar-refractivity contribution in [3.05, 3.63) is 50.9 Å². The maximum atomic E-state index is 15.9. The molecule has 0 saturated heterocycles.